The number of oxazole rings is 1. The van der Waals surface area contributed by atoms with Crippen LogP contribution in [0.25, 0.3) is 11.3 Å². The largest absolute Gasteiger partial charge is 0.441 e. The summed E-state index contributed by atoms with van der Waals surface area (Å²) in [6.07, 6.45) is 2.34. The number of carbonyl (C=O) groups is 1. The lowest BCUT2D eigenvalue weighted by atomic mass is 10.1. The average Bonchev–Trinajstić information content (AvgIpc) is 3.09. The van der Waals surface area contributed by atoms with Crippen molar-refractivity contribution in [3.63, 3.8) is 0 Å². The van der Waals surface area contributed by atoms with E-state index < -0.39 is 0 Å². The average molecular weight is 389 g/mol. The summed E-state index contributed by atoms with van der Waals surface area (Å²) in [5.41, 5.74) is 1.79. The molecular weight excluding hydrogens is 371 g/mol. The summed E-state index contributed by atoms with van der Waals surface area (Å²) >= 11 is 12.0. The summed E-state index contributed by atoms with van der Waals surface area (Å²) in [6, 6.07) is 14.7. The van der Waals surface area contributed by atoms with Gasteiger partial charge in [0.1, 0.15) is 0 Å². The third kappa shape index (κ3) is 4.65. The molecule has 2 aromatic carbocycles. The number of halogens is 2. The van der Waals surface area contributed by atoms with Crippen molar-refractivity contribution in [1.82, 2.24) is 10.3 Å². The number of hydrogen-bond acceptors (Lipinski definition) is 3. The van der Waals surface area contributed by atoms with Gasteiger partial charge in [0.25, 0.3) is 0 Å². The van der Waals surface area contributed by atoms with Crippen molar-refractivity contribution < 1.29 is 9.21 Å². The number of carbonyl (C=O) groups excluding carboxylic acids is 1. The third-order valence-corrected chi connectivity index (χ3v) is 4.59. The van der Waals surface area contributed by atoms with Gasteiger partial charge in [-0.05, 0) is 36.8 Å². The van der Waals surface area contributed by atoms with Crippen molar-refractivity contribution in [1.29, 1.82) is 0 Å². The Hall–Kier alpha value is -2.30. The Bertz CT molecular complexity index is 891. The van der Waals surface area contributed by atoms with E-state index >= 15 is 0 Å². The topological polar surface area (TPSA) is 55.1 Å². The van der Waals surface area contributed by atoms with Gasteiger partial charge in [0.2, 0.25) is 5.91 Å². The molecule has 3 aromatic rings. The monoisotopic (exact) mass is 388 g/mol. The highest BCUT2D eigenvalue weighted by atomic mass is 35.5. The molecule has 6 heteroatoms. The number of rotatable bonds is 6. The molecule has 1 amide bonds. The van der Waals surface area contributed by atoms with Gasteiger partial charge in [0.15, 0.2) is 11.7 Å². The van der Waals surface area contributed by atoms with Gasteiger partial charge >= 0.3 is 0 Å². The number of hydrogen-bond donors (Lipinski definition) is 1. The van der Waals surface area contributed by atoms with Crippen LogP contribution in [0, 0.1) is 0 Å². The molecule has 3 rings (SSSR count). The van der Waals surface area contributed by atoms with Crippen LogP contribution in [-0.4, -0.2) is 10.9 Å². The van der Waals surface area contributed by atoms with Crippen LogP contribution >= 0.6 is 23.2 Å². The van der Waals surface area contributed by atoms with Crippen molar-refractivity contribution in [2.24, 2.45) is 0 Å². The summed E-state index contributed by atoms with van der Waals surface area (Å²) in [5.74, 6) is 1.04. The molecule has 134 valence electrons. The van der Waals surface area contributed by atoms with Crippen LogP contribution in [0.1, 0.15) is 30.8 Å². The number of nitrogens with one attached hydrogen (secondary N) is 1. The smallest absolute Gasteiger partial charge is 0.220 e. The SMILES string of the molecule is C[C@@H](NC(=O)CCc1ncc(-c2ccccc2Cl)o1)c1ccc(Cl)cc1. The Morgan fingerprint density at radius 2 is 1.88 bits per heavy atom. The molecule has 0 fully saturated rings. The Morgan fingerprint density at radius 3 is 2.62 bits per heavy atom. The predicted octanol–water partition coefficient (Wildman–Crippen LogP) is 5.46. The van der Waals surface area contributed by atoms with Gasteiger partial charge in [-0.3, -0.25) is 4.79 Å². The number of nitrogens with zero attached hydrogens (tertiary/aromatic N) is 1. The van der Waals surface area contributed by atoms with Crippen molar-refractivity contribution >= 4 is 29.1 Å². The zero-order chi connectivity index (χ0) is 18.5. The molecule has 1 heterocycles. The van der Waals surface area contributed by atoms with E-state index in [1.165, 1.54) is 0 Å². The number of benzene rings is 2. The third-order valence-electron chi connectivity index (χ3n) is 4.01. The first-order valence-corrected chi connectivity index (χ1v) is 9.03. The second-order valence-electron chi connectivity index (χ2n) is 5.94. The highest BCUT2D eigenvalue weighted by Gasteiger charge is 2.13. The molecule has 1 N–H and O–H groups in total. The zero-order valence-corrected chi connectivity index (χ0v) is 15.7. The Kier molecular flexibility index (Phi) is 5.96. The maximum absolute atomic E-state index is 12.2. The molecule has 0 saturated heterocycles. The first-order valence-electron chi connectivity index (χ1n) is 8.27. The van der Waals surface area contributed by atoms with Crippen molar-refractivity contribution in [2.75, 3.05) is 0 Å². The molecule has 0 aliphatic heterocycles. The standard InChI is InChI=1S/C20H18Cl2N2O2/c1-13(14-6-8-15(21)9-7-14)24-19(25)10-11-20-23-12-18(26-20)16-4-2-3-5-17(16)22/h2-9,12-13H,10-11H2,1H3,(H,24,25)/t13-/m1/s1. The van der Waals surface area contributed by atoms with E-state index in [-0.39, 0.29) is 11.9 Å². The maximum Gasteiger partial charge on any atom is 0.220 e. The number of aryl methyl sites for hydroxylation is 1. The van der Waals surface area contributed by atoms with E-state index in [2.05, 4.69) is 10.3 Å². The molecular formula is C20H18Cl2N2O2. The Balaban J connectivity index is 1.55. The van der Waals surface area contributed by atoms with E-state index in [4.69, 9.17) is 27.6 Å². The lowest BCUT2D eigenvalue weighted by molar-refractivity contribution is -0.121. The van der Waals surface area contributed by atoms with Crippen LogP contribution in [-0.2, 0) is 11.2 Å². The van der Waals surface area contributed by atoms with Gasteiger partial charge in [-0.15, -0.1) is 0 Å². The van der Waals surface area contributed by atoms with Gasteiger partial charge in [0, 0.05) is 23.4 Å². The molecule has 0 unspecified atom stereocenters. The fraction of sp³-hybridized carbons (Fsp3) is 0.200. The molecule has 0 saturated carbocycles. The van der Waals surface area contributed by atoms with Crippen LogP contribution < -0.4 is 5.32 Å². The van der Waals surface area contributed by atoms with E-state index in [0.29, 0.717) is 34.5 Å². The van der Waals surface area contributed by atoms with Crippen molar-refractivity contribution in [3.05, 3.63) is 76.2 Å². The second-order valence-corrected chi connectivity index (χ2v) is 6.78. The minimum atomic E-state index is -0.0944. The van der Waals surface area contributed by atoms with Gasteiger partial charge < -0.3 is 9.73 Å². The number of amides is 1. The molecule has 1 aromatic heterocycles. The fourth-order valence-corrected chi connectivity index (χ4v) is 2.94. The molecule has 0 spiro atoms. The predicted molar refractivity (Wildman–Crippen MR) is 103 cm³/mol. The van der Waals surface area contributed by atoms with Crippen molar-refractivity contribution in [3.8, 4) is 11.3 Å². The van der Waals surface area contributed by atoms with Crippen LogP contribution in [0.4, 0.5) is 0 Å². The summed E-state index contributed by atoms with van der Waals surface area (Å²) < 4.78 is 5.71. The Labute approximate surface area is 162 Å². The minimum Gasteiger partial charge on any atom is -0.441 e. The number of aromatic nitrogens is 1. The molecule has 1 atom stereocenters. The molecule has 4 nitrogen and oxygen atoms in total. The second kappa shape index (κ2) is 8.39. The first kappa shape index (κ1) is 18.5. The summed E-state index contributed by atoms with van der Waals surface area (Å²) in [5, 5.41) is 4.23. The van der Waals surface area contributed by atoms with E-state index in [1.54, 1.807) is 12.3 Å². The van der Waals surface area contributed by atoms with Crippen molar-refractivity contribution in [2.45, 2.75) is 25.8 Å². The lowest BCUT2D eigenvalue weighted by Gasteiger charge is -2.14. The quantitative estimate of drug-likeness (QED) is 0.609. The summed E-state index contributed by atoms with van der Waals surface area (Å²) in [6.45, 7) is 1.93. The minimum absolute atomic E-state index is 0.0649. The highest BCUT2D eigenvalue weighted by Crippen LogP contribution is 2.28. The van der Waals surface area contributed by atoms with Gasteiger partial charge in [-0.25, -0.2) is 4.98 Å². The normalized spacial score (nSPS) is 12.0. The molecule has 26 heavy (non-hydrogen) atoms. The molecule has 0 aliphatic rings. The van der Waals surface area contributed by atoms with Gasteiger partial charge in [-0.1, -0.05) is 47.5 Å². The summed E-state index contributed by atoms with van der Waals surface area (Å²) in [4.78, 5) is 16.4. The maximum atomic E-state index is 12.2. The van der Waals surface area contributed by atoms with Crippen LogP contribution in [0.2, 0.25) is 10.0 Å². The fourth-order valence-electron chi connectivity index (χ4n) is 2.58. The van der Waals surface area contributed by atoms with E-state index in [0.717, 1.165) is 11.1 Å². The lowest BCUT2D eigenvalue weighted by Crippen LogP contribution is -2.26. The molecule has 0 aliphatic carbocycles. The molecule has 0 radical (unpaired) electrons. The van der Waals surface area contributed by atoms with Gasteiger partial charge in [0.05, 0.1) is 17.3 Å². The first-order chi connectivity index (χ1) is 12.5. The van der Waals surface area contributed by atoms with E-state index in [9.17, 15) is 4.79 Å². The van der Waals surface area contributed by atoms with Crippen LogP contribution in [0.3, 0.4) is 0 Å². The Morgan fingerprint density at radius 1 is 1.15 bits per heavy atom. The molecule has 0 bridgehead atoms. The highest BCUT2D eigenvalue weighted by molar-refractivity contribution is 6.33. The van der Waals surface area contributed by atoms with Crippen LogP contribution in [0.5, 0.6) is 0 Å². The summed E-state index contributed by atoms with van der Waals surface area (Å²) in [7, 11) is 0. The van der Waals surface area contributed by atoms with Crippen LogP contribution in [0.15, 0.2) is 59.1 Å². The zero-order valence-electron chi connectivity index (χ0n) is 14.2. The van der Waals surface area contributed by atoms with Gasteiger partial charge in [-0.2, -0.15) is 0 Å². The van der Waals surface area contributed by atoms with E-state index in [1.807, 2.05) is 49.4 Å².